The molecule has 0 saturated carbocycles. The van der Waals surface area contributed by atoms with Crippen LogP contribution in [0.25, 0.3) is 5.65 Å². The molecule has 204 valence electrons. The molecule has 1 saturated heterocycles. The summed E-state index contributed by atoms with van der Waals surface area (Å²) in [7, 11) is 0. The summed E-state index contributed by atoms with van der Waals surface area (Å²) in [5, 5.41) is 3.39. The van der Waals surface area contributed by atoms with E-state index in [0.29, 0.717) is 5.65 Å². The maximum atomic E-state index is 13.6. The number of nitrogens with one attached hydrogen (secondary N) is 1. The van der Waals surface area contributed by atoms with Crippen molar-refractivity contribution in [1.82, 2.24) is 19.7 Å². The minimum Gasteiger partial charge on any atom is -0.369 e. The van der Waals surface area contributed by atoms with E-state index >= 15 is 0 Å². The molecular weight excluding hydrogens is 465 g/mol. The number of pyridine rings is 2. The van der Waals surface area contributed by atoms with Crippen LogP contribution in [-0.4, -0.2) is 46.3 Å². The van der Waals surface area contributed by atoms with E-state index in [9.17, 15) is 9.18 Å². The van der Waals surface area contributed by atoms with Gasteiger partial charge in [-0.25, -0.2) is 9.37 Å². The first-order valence-corrected chi connectivity index (χ1v) is 13.9. The third-order valence-corrected chi connectivity index (χ3v) is 6.32. The number of carbonyl (C=O) groups is 1. The Balaban J connectivity index is 0.000000215. The van der Waals surface area contributed by atoms with E-state index in [-0.39, 0.29) is 11.6 Å². The number of aryl methyl sites for hydroxylation is 3. The van der Waals surface area contributed by atoms with Crippen LogP contribution in [0.1, 0.15) is 82.8 Å². The third-order valence-electron chi connectivity index (χ3n) is 6.32. The van der Waals surface area contributed by atoms with Crippen molar-refractivity contribution in [1.29, 1.82) is 0 Å². The van der Waals surface area contributed by atoms with E-state index in [4.69, 9.17) is 0 Å². The molecule has 6 nitrogen and oxygen atoms in total. The van der Waals surface area contributed by atoms with E-state index in [1.807, 2.05) is 32.4 Å². The van der Waals surface area contributed by atoms with Gasteiger partial charge < -0.3 is 19.4 Å². The highest BCUT2D eigenvalue weighted by molar-refractivity contribution is 5.75. The smallest absolute Gasteiger partial charge is 0.173 e. The van der Waals surface area contributed by atoms with Crippen LogP contribution in [0.2, 0.25) is 0 Å². The average Bonchev–Trinajstić information content (AvgIpc) is 3.31. The summed E-state index contributed by atoms with van der Waals surface area (Å²) in [6.07, 6.45) is 12.6. The summed E-state index contributed by atoms with van der Waals surface area (Å²) >= 11 is 0. The van der Waals surface area contributed by atoms with Crippen LogP contribution >= 0.6 is 0 Å². The number of aromatic nitrogens is 3. The number of halogens is 1. The molecular formula is C30H46FN5O. The largest absolute Gasteiger partial charge is 0.369 e. The van der Waals surface area contributed by atoms with Gasteiger partial charge in [0.15, 0.2) is 11.5 Å². The first-order chi connectivity index (χ1) is 17.8. The van der Waals surface area contributed by atoms with Gasteiger partial charge in [0.1, 0.15) is 5.78 Å². The molecule has 3 aromatic rings. The maximum absolute atomic E-state index is 13.6. The van der Waals surface area contributed by atoms with Crippen LogP contribution in [0, 0.1) is 12.7 Å². The van der Waals surface area contributed by atoms with Crippen molar-refractivity contribution in [2.75, 3.05) is 31.1 Å². The van der Waals surface area contributed by atoms with Gasteiger partial charge in [-0.05, 0) is 62.8 Å². The number of nitrogens with zero attached hydrogens (tertiary/aromatic N) is 4. The predicted molar refractivity (Wildman–Crippen MR) is 152 cm³/mol. The lowest BCUT2D eigenvalue weighted by Crippen LogP contribution is -2.44. The van der Waals surface area contributed by atoms with E-state index in [0.717, 1.165) is 76.0 Å². The minimum atomic E-state index is -0.222. The van der Waals surface area contributed by atoms with Gasteiger partial charge in [-0.2, -0.15) is 0 Å². The zero-order valence-corrected chi connectivity index (χ0v) is 23.7. The fourth-order valence-electron chi connectivity index (χ4n) is 4.46. The lowest BCUT2D eigenvalue weighted by Gasteiger charge is -2.31. The summed E-state index contributed by atoms with van der Waals surface area (Å²) < 4.78 is 15.4. The number of Topliss-reactive ketones (excluding diaryl/α,β-unsaturated/α-hetero) is 1. The molecule has 0 aromatic carbocycles. The molecule has 0 amide bonds. The second-order valence-electron chi connectivity index (χ2n) is 9.60. The quantitative estimate of drug-likeness (QED) is 0.395. The Morgan fingerprint density at radius 2 is 1.76 bits per heavy atom. The van der Waals surface area contributed by atoms with E-state index in [1.165, 1.54) is 23.4 Å². The van der Waals surface area contributed by atoms with Gasteiger partial charge in [0.2, 0.25) is 0 Å². The van der Waals surface area contributed by atoms with E-state index in [1.54, 1.807) is 17.4 Å². The van der Waals surface area contributed by atoms with Gasteiger partial charge in [0.25, 0.3) is 0 Å². The molecule has 0 bridgehead atoms. The molecule has 1 fully saturated rings. The van der Waals surface area contributed by atoms with Gasteiger partial charge >= 0.3 is 0 Å². The summed E-state index contributed by atoms with van der Waals surface area (Å²) in [6, 6.07) is 3.76. The van der Waals surface area contributed by atoms with Crippen molar-refractivity contribution in [2.45, 2.75) is 86.5 Å². The lowest BCUT2D eigenvalue weighted by atomic mass is 10.1. The Bertz CT molecular complexity index is 1100. The highest BCUT2D eigenvalue weighted by Gasteiger charge is 2.15. The number of hydrogen-bond acceptors (Lipinski definition) is 5. The fourth-order valence-corrected chi connectivity index (χ4v) is 4.46. The second kappa shape index (κ2) is 16.1. The Morgan fingerprint density at radius 1 is 1.05 bits per heavy atom. The topological polar surface area (TPSA) is 62.5 Å². The standard InChI is InChI=1S/C13H21N3.C12H15FN2.C5H10O/c1-3-4-12-11(2)15-6-5-13(12)16-9-7-14-8-10-16;1-3-5-9-6-11(13)12-14-10(4-2)8-15(12)7-9;1-3-4-5(2)6/h5-6,14H,3-4,7-10H2,1-2H3;6-8H,3-5H2,1-2H3;3-4H2,1-2H3. The zero-order chi connectivity index (χ0) is 27.2. The molecule has 1 aliphatic rings. The van der Waals surface area contributed by atoms with Crippen molar-refractivity contribution < 1.29 is 9.18 Å². The van der Waals surface area contributed by atoms with Crippen LogP contribution in [0.3, 0.4) is 0 Å². The number of piperazine rings is 1. The molecule has 0 radical (unpaired) electrons. The lowest BCUT2D eigenvalue weighted by molar-refractivity contribution is -0.117. The first-order valence-electron chi connectivity index (χ1n) is 13.9. The molecule has 4 heterocycles. The number of rotatable bonds is 8. The van der Waals surface area contributed by atoms with Crippen LogP contribution in [0.15, 0.2) is 30.7 Å². The summed E-state index contributed by atoms with van der Waals surface area (Å²) in [5.41, 5.74) is 6.43. The number of ketones is 1. The first kappa shape index (κ1) is 30.4. The van der Waals surface area contributed by atoms with Crippen molar-refractivity contribution in [3.8, 4) is 0 Å². The van der Waals surface area contributed by atoms with Crippen LogP contribution < -0.4 is 10.2 Å². The molecule has 4 rings (SSSR count). The van der Waals surface area contributed by atoms with Crippen LogP contribution in [0.5, 0.6) is 0 Å². The van der Waals surface area contributed by atoms with Gasteiger partial charge in [0.05, 0.1) is 5.69 Å². The highest BCUT2D eigenvalue weighted by atomic mass is 19.1. The molecule has 1 N–H and O–H groups in total. The fraction of sp³-hybridized carbons (Fsp3) is 0.567. The summed E-state index contributed by atoms with van der Waals surface area (Å²) in [6.45, 7) is 16.5. The van der Waals surface area contributed by atoms with Crippen molar-refractivity contribution in [3.63, 3.8) is 0 Å². The SMILES string of the molecule is CCCC(C)=O.CCCc1c(N2CCNCC2)ccnc1C.CCCc1cc(F)c2nc(CC)cn2c1. The number of fused-ring (bicyclic) bond motifs is 1. The number of imidazole rings is 1. The molecule has 1 aliphatic heterocycles. The maximum Gasteiger partial charge on any atom is 0.173 e. The minimum absolute atomic E-state index is 0.222. The predicted octanol–water partition coefficient (Wildman–Crippen LogP) is 6.12. The number of carbonyl (C=O) groups excluding carboxylic acids is 1. The Kier molecular flexibility index (Phi) is 13.3. The molecule has 37 heavy (non-hydrogen) atoms. The second-order valence-corrected chi connectivity index (χ2v) is 9.60. The van der Waals surface area contributed by atoms with Crippen LogP contribution in [-0.2, 0) is 24.1 Å². The van der Waals surface area contributed by atoms with Gasteiger partial charge in [-0.1, -0.05) is 40.5 Å². The van der Waals surface area contributed by atoms with Gasteiger partial charge in [-0.3, -0.25) is 4.98 Å². The Labute approximate surface area is 222 Å². The van der Waals surface area contributed by atoms with Gasteiger partial charge in [0, 0.05) is 62.6 Å². The molecule has 7 heteroatoms. The Morgan fingerprint density at radius 3 is 2.32 bits per heavy atom. The zero-order valence-electron chi connectivity index (χ0n) is 23.7. The monoisotopic (exact) mass is 511 g/mol. The molecule has 3 aromatic heterocycles. The van der Waals surface area contributed by atoms with Crippen molar-refractivity contribution >= 4 is 17.1 Å². The summed E-state index contributed by atoms with van der Waals surface area (Å²) in [4.78, 5) is 21.2. The summed E-state index contributed by atoms with van der Waals surface area (Å²) in [5.74, 6) is 0.0677. The van der Waals surface area contributed by atoms with Crippen LogP contribution in [0.4, 0.5) is 10.1 Å². The van der Waals surface area contributed by atoms with E-state index in [2.05, 4.69) is 47.0 Å². The van der Waals surface area contributed by atoms with Crippen molar-refractivity contribution in [2.24, 2.45) is 0 Å². The third kappa shape index (κ3) is 9.54. The number of hydrogen-bond donors (Lipinski definition) is 1. The van der Waals surface area contributed by atoms with Gasteiger partial charge in [-0.15, -0.1) is 0 Å². The molecule has 0 spiro atoms. The van der Waals surface area contributed by atoms with E-state index < -0.39 is 0 Å². The highest BCUT2D eigenvalue weighted by Crippen LogP contribution is 2.24. The normalized spacial score (nSPS) is 13.0. The molecule has 0 atom stereocenters. The Hall–Kier alpha value is -2.80. The average molecular weight is 512 g/mol. The number of anilines is 1. The molecule has 0 aliphatic carbocycles. The molecule has 0 unspecified atom stereocenters. The van der Waals surface area contributed by atoms with Crippen molar-refractivity contribution in [3.05, 3.63) is 59.1 Å².